The van der Waals surface area contributed by atoms with Crippen molar-refractivity contribution in [1.82, 2.24) is 10.2 Å². The third-order valence-corrected chi connectivity index (χ3v) is 3.20. The van der Waals surface area contributed by atoms with Crippen LogP contribution in [0.4, 0.5) is 4.39 Å². The summed E-state index contributed by atoms with van der Waals surface area (Å²) in [6, 6.07) is 2.27. The van der Waals surface area contributed by atoms with Crippen LogP contribution in [0.1, 0.15) is 24.2 Å². The maximum absolute atomic E-state index is 13.4. The number of carboxylic acids is 1. The van der Waals surface area contributed by atoms with Gasteiger partial charge in [-0.1, -0.05) is 0 Å². The second-order valence-corrected chi connectivity index (χ2v) is 4.84. The normalized spacial score (nSPS) is 11.5. The van der Waals surface area contributed by atoms with E-state index < -0.39 is 23.7 Å². The van der Waals surface area contributed by atoms with E-state index in [9.17, 15) is 18.8 Å². The number of carbonyl (C=O) groups excluding carboxylic acids is 2. The average Bonchev–Trinajstić information content (AvgIpc) is 2.50. The minimum atomic E-state index is -1.21. The van der Waals surface area contributed by atoms with Gasteiger partial charge in [-0.05, 0) is 25.1 Å². The summed E-state index contributed by atoms with van der Waals surface area (Å²) in [5.41, 5.74) is -0.0802. The fourth-order valence-electron chi connectivity index (χ4n) is 1.96. The number of nitrogens with zero attached hydrogens (tertiary/aromatic N) is 1. The minimum Gasteiger partial charge on any atom is -0.496 e. The van der Waals surface area contributed by atoms with E-state index in [4.69, 9.17) is 9.84 Å². The zero-order valence-electron chi connectivity index (χ0n) is 13.1. The number of carboxylic acid groups (broad SMARTS) is 1. The minimum absolute atomic E-state index is 0.0362. The number of benzene rings is 1. The number of amides is 2. The summed E-state index contributed by atoms with van der Waals surface area (Å²) in [6.07, 6.45) is 0. The van der Waals surface area contributed by atoms with E-state index in [1.165, 1.54) is 27.0 Å². The number of methoxy groups -OCH3 is 1. The Labute approximate surface area is 133 Å². The van der Waals surface area contributed by atoms with E-state index in [1.807, 2.05) is 0 Å². The third kappa shape index (κ3) is 4.94. The van der Waals surface area contributed by atoms with Gasteiger partial charge in [0.05, 0.1) is 12.7 Å². The summed E-state index contributed by atoms with van der Waals surface area (Å²) in [5, 5.41) is 11.6. The molecule has 1 aromatic rings. The number of ether oxygens (including phenoxy) is 1. The highest BCUT2D eigenvalue weighted by atomic mass is 19.1. The summed E-state index contributed by atoms with van der Waals surface area (Å²) < 4.78 is 18.4. The number of halogens is 1. The van der Waals surface area contributed by atoms with Gasteiger partial charge in [0.15, 0.2) is 0 Å². The first-order valence-electron chi connectivity index (χ1n) is 6.89. The van der Waals surface area contributed by atoms with Crippen LogP contribution in [0.25, 0.3) is 0 Å². The molecule has 0 spiro atoms. The van der Waals surface area contributed by atoms with Gasteiger partial charge in [-0.3, -0.25) is 9.59 Å². The standard InChI is InChI=1S/C15H19FN2O5/c1-9(15(21)22)18(7-6-17-10(2)19)14(20)12-8-11(16)4-5-13(12)23-3/h4-5,8-9H,6-7H2,1-3H3,(H,17,19)(H,21,22). The van der Waals surface area contributed by atoms with Crippen LogP contribution in [0.15, 0.2) is 18.2 Å². The molecule has 0 heterocycles. The summed E-state index contributed by atoms with van der Waals surface area (Å²) >= 11 is 0. The first-order chi connectivity index (χ1) is 10.8. The molecule has 1 rings (SSSR count). The first-order valence-corrected chi connectivity index (χ1v) is 6.89. The van der Waals surface area contributed by atoms with Crippen LogP contribution >= 0.6 is 0 Å². The summed E-state index contributed by atoms with van der Waals surface area (Å²) in [7, 11) is 1.33. The van der Waals surface area contributed by atoms with Crippen LogP contribution in [-0.4, -0.2) is 54.0 Å². The number of carbonyl (C=O) groups is 3. The third-order valence-electron chi connectivity index (χ3n) is 3.20. The second-order valence-electron chi connectivity index (χ2n) is 4.84. The maximum Gasteiger partial charge on any atom is 0.326 e. The quantitative estimate of drug-likeness (QED) is 0.776. The van der Waals surface area contributed by atoms with Crippen molar-refractivity contribution in [2.75, 3.05) is 20.2 Å². The van der Waals surface area contributed by atoms with Gasteiger partial charge >= 0.3 is 5.97 Å². The van der Waals surface area contributed by atoms with E-state index in [0.29, 0.717) is 0 Å². The summed E-state index contributed by atoms with van der Waals surface area (Å²) in [4.78, 5) is 35.8. The SMILES string of the molecule is COc1ccc(F)cc1C(=O)N(CCNC(C)=O)C(C)C(=O)O. The van der Waals surface area contributed by atoms with E-state index in [0.717, 1.165) is 17.0 Å². The molecule has 0 aliphatic heterocycles. The molecule has 0 radical (unpaired) electrons. The highest BCUT2D eigenvalue weighted by Crippen LogP contribution is 2.22. The lowest BCUT2D eigenvalue weighted by atomic mass is 10.1. The Morgan fingerprint density at radius 2 is 2.04 bits per heavy atom. The molecule has 0 aromatic heterocycles. The van der Waals surface area contributed by atoms with Crippen LogP contribution in [0, 0.1) is 5.82 Å². The molecule has 1 atom stereocenters. The fourth-order valence-corrected chi connectivity index (χ4v) is 1.96. The summed E-state index contributed by atoms with van der Waals surface area (Å²) in [5.74, 6) is -2.71. The predicted molar refractivity (Wildman–Crippen MR) is 79.8 cm³/mol. The highest BCUT2D eigenvalue weighted by molar-refractivity contribution is 5.99. The Bertz CT molecular complexity index is 606. The largest absolute Gasteiger partial charge is 0.496 e. The Kier molecular flexibility index (Phi) is 6.49. The molecule has 7 nitrogen and oxygen atoms in total. The molecule has 126 valence electrons. The monoisotopic (exact) mass is 326 g/mol. The van der Waals surface area contributed by atoms with Crippen molar-refractivity contribution in [2.24, 2.45) is 0 Å². The second kappa shape index (κ2) is 8.11. The smallest absolute Gasteiger partial charge is 0.326 e. The first kappa shape index (κ1) is 18.4. The number of aliphatic carboxylic acids is 1. The molecule has 2 amide bonds. The van der Waals surface area contributed by atoms with E-state index in [-0.39, 0.29) is 30.3 Å². The van der Waals surface area contributed by atoms with Gasteiger partial charge in [0, 0.05) is 20.0 Å². The lowest BCUT2D eigenvalue weighted by Crippen LogP contribution is -2.46. The van der Waals surface area contributed by atoms with Gasteiger partial charge in [0.1, 0.15) is 17.6 Å². The molecule has 0 aliphatic carbocycles. The molecule has 0 aliphatic rings. The predicted octanol–water partition coefficient (Wildman–Crippen LogP) is 0.886. The molecule has 1 aromatic carbocycles. The van der Waals surface area contributed by atoms with Gasteiger partial charge in [0.2, 0.25) is 5.91 Å². The highest BCUT2D eigenvalue weighted by Gasteiger charge is 2.28. The number of rotatable bonds is 7. The van der Waals surface area contributed by atoms with Crippen molar-refractivity contribution in [3.8, 4) is 5.75 Å². The fraction of sp³-hybridized carbons (Fsp3) is 0.400. The summed E-state index contributed by atoms with van der Waals surface area (Å²) in [6.45, 7) is 2.68. The average molecular weight is 326 g/mol. The van der Waals surface area contributed by atoms with Crippen molar-refractivity contribution in [1.29, 1.82) is 0 Å². The van der Waals surface area contributed by atoms with Gasteiger partial charge in [-0.2, -0.15) is 0 Å². The Morgan fingerprint density at radius 1 is 1.39 bits per heavy atom. The lowest BCUT2D eigenvalue weighted by molar-refractivity contribution is -0.141. The molecule has 8 heteroatoms. The van der Waals surface area contributed by atoms with Crippen molar-refractivity contribution >= 4 is 17.8 Å². The van der Waals surface area contributed by atoms with Crippen LogP contribution in [0.3, 0.4) is 0 Å². The molecule has 1 unspecified atom stereocenters. The number of hydrogen-bond acceptors (Lipinski definition) is 4. The van der Waals surface area contributed by atoms with E-state index in [1.54, 1.807) is 0 Å². The topological polar surface area (TPSA) is 95.9 Å². The Hall–Kier alpha value is -2.64. The van der Waals surface area contributed by atoms with Crippen LogP contribution in [-0.2, 0) is 9.59 Å². The van der Waals surface area contributed by atoms with Crippen molar-refractivity contribution in [2.45, 2.75) is 19.9 Å². The van der Waals surface area contributed by atoms with Gasteiger partial charge in [0.25, 0.3) is 5.91 Å². The van der Waals surface area contributed by atoms with Crippen molar-refractivity contribution in [3.63, 3.8) is 0 Å². The zero-order valence-corrected chi connectivity index (χ0v) is 13.1. The Morgan fingerprint density at radius 3 is 2.57 bits per heavy atom. The van der Waals surface area contributed by atoms with Gasteiger partial charge < -0.3 is 20.1 Å². The lowest BCUT2D eigenvalue weighted by Gasteiger charge is -2.27. The zero-order chi connectivity index (χ0) is 17.6. The molecular formula is C15H19FN2O5. The van der Waals surface area contributed by atoms with Gasteiger partial charge in [-0.15, -0.1) is 0 Å². The molecule has 0 saturated heterocycles. The van der Waals surface area contributed by atoms with E-state index in [2.05, 4.69) is 5.32 Å². The molecule has 0 saturated carbocycles. The van der Waals surface area contributed by atoms with E-state index >= 15 is 0 Å². The molecule has 0 fully saturated rings. The van der Waals surface area contributed by atoms with Crippen molar-refractivity contribution in [3.05, 3.63) is 29.6 Å². The van der Waals surface area contributed by atoms with Gasteiger partial charge in [-0.25, -0.2) is 9.18 Å². The number of nitrogens with one attached hydrogen (secondary N) is 1. The molecule has 23 heavy (non-hydrogen) atoms. The van der Waals surface area contributed by atoms with Crippen LogP contribution in [0.5, 0.6) is 5.75 Å². The van der Waals surface area contributed by atoms with Crippen LogP contribution < -0.4 is 10.1 Å². The van der Waals surface area contributed by atoms with Crippen molar-refractivity contribution < 1.29 is 28.6 Å². The molecular weight excluding hydrogens is 307 g/mol. The maximum atomic E-state index is 13.4. The molecule has 0 bridgehead atoms. The number of hydrogen-bond donors (Lipinski definition) is 2. The molecule has 2 N–H and O–H groups in total. The van der Waals surface area contributed by atoms with Crippen LogP contribution in [0.2, 0.25) is 0 Å². The Balaban J connectivity index is 3.09.